The molecule has 1 aromatic heterocycles. The van der Waals surface area contributed by atoms with Gasteiger partial charge in [0, 0.05) is 33.9 Å². The first kappa shape index (κ1) is 17.5. The molecule has 1 aliphatic heterocycles. The molecule has 2 N–H and O–H groups in total. The number of halogens is 1. The Morgan fingerprint density at radius 3 is 2.92 bits per heavy atom. The van der Waals surface area contributed by atoms with Crippen molar-refractivity contribution in [1.82, 2.24) is 0 Å². The van der Waals surface area contributed by atoms with Crippen molar-refractivity contribution in [2.75, 3.05) is 18.4 Å². The summed E-state index contributed by atoms with van der Waals surface area (Å²) in [5.74, 6) is 0.450. The van der Waals surface area contributed by atoms with Gasteiger partial charge in [-0.1, -0.05) is 11.6 Å². The summed E-state index contributed by atoms with van der Waals surface area (Å²) in [6.07, 6.45) is 3.42. The molecule has 0 spiro atoms. The highest BCUT2D eigenvalue weighted by molar-refractivity contribution is 7.10. The average molecular weight is 393 g/mol. The number of fused-ring (bicyclic) bond motifs is 1. The minimum absolute atomic E-state index is 0.182. The second kappa shape index (κ2) is 6.98. The van der Waals surface area contributed by atoms with Crippen LogP contribution < -0.4 is 10.2 Å². The molecule has 2 heterocycles. The number of nitro benzene ring substituents is 1. The third-order valence-corrected chi connectivity index (χ3v) is 6.37. The highest BCUT2D eigenvalue weighted by atomic mass is 35.5. The van der Waals surface area contributed by atoms with E-state index in [1.807, 2.05) is 0 Å². The summed E-state index contributed by atoms with van der Waals surface area (Å²) in [5, 5.41) is 16.3. The van der Waals surface area contributed by atoms with E-state index >= 15 is 0 Å². The van der Waals surface area contributed by atoms with Crippen molar-refractivity contribution in [2.45, 2.75) is 25.3 Å². The summed E-state index contributed by atoms with van der Waals surface area (Å²) in [6.45, 7) is 1.24. The van der Waals surface area contributed by atoms with Gasteiger partial charge in [-0.25, -0.2) is 0 Å². The van der Waals surface area contributed by atoms with Crippen LogP contribution in [-0.4, -0.2) is 23.9 Å². The van der Waals surface area contributed by atoms with Gasteiger partial charge in [-0.05, 0) is 36.4 Å². The first-order valence-corrected chi connectivity index (χ1v) is 9.93. The second-order valence-electron chi connectivity index (χ2n) is 6.92. The van der Waals surface area contributed by atoms with Crippen molar-refractivity contribution in [3.8, 4) is 0 Å². The number of quaternary nitrogens is 1. The summed E-state index contributed by atoms with van der Waals surface area (Å²) in [5.41, 5.74) is 1.40. The number of nitrogens with zero attached hydrogens (tertiary/aromatic N) is 1. The molecule has 2 aromatic rings. The van der Waals surface area contributed by atoms with E-state index in [0.29, 0.717) is 18.5 Å². The molecule has 0 saturated heterocycles. The van der Waals surface area contributed by atoms with E-state index in [-0.39, 0.29) is 22.3 Å². The Morgan fingerprint density at radius 1 is 1.38 bits per heavy atom. The predicted molar refractivity (Wildman–Crippen MR) is 101 cm³/mol. The fourth-order valence-electron chi connectivity index (χ4n) is 3.86. The Bertz CT molecular complexity index is 865. The molecule has 2 aliphatic rings. The number of thiophene rings is 1. The predicted octanol–water partition coefficient (Wildman–Crippen LogP) is 2.84. The molecular weight excluding hydrogens is 374 g/mol. The third-order valence-electron chi connectivity index (χ3n) is 5.14. The molecule has 6 nitrogen and oxygen atoms in total. The summed E-state index contributed by atoms with van der Waals surface area (Å²) in [7, 11) is 0. The van der Waals surface area contributed by atoms with Crippen LogP contribution in [0.4, 0.5) is 11.4 Å². The summed E-state index contributed by atoms with van der Waals surface area (Å²) in [4.78, 5) is 26.0. The van der Waals surface area contributed by atoms with E-state index in [4.69, 9.17) is 11.6 Å². The van der Waals surface area contributed by atoms with Crippen molar-refractivity contribution < 1.29 is 14.6 Å². The molecule has 2 atom stereocenters. The topological polar surface area (TPSA) is 76.7 Å². The first-order valence-electron chi connectivity index (χ1n) is 8.67. The summed E-state index contributed by atoms with van der Waals surface area (Å²) in [6, 6.07) is 6.86. The van der Waals surface area contributed by atoms with Gasteiger partial charge in [0.15, 0.2) is 6.54 Å². The van der Waals surface area contributed by atoms with Crippen molar-refractivity contribution in [3.05, 3.63) is 55.2 Å². The Kier molecular flexibility index (Phi) is 4.69. The fourth-order valence-corrected chi connectivity index (χ4v) is 4.95. The molecule has 0 bridgehead atoms. The van der Waals surface area contributed by atoms with E-state index in [2.05, 4.69) is 16.8 Å². The highest BCUT2D eigenvalue weighted by Crippen LogP contribution is 2.42. The molecule has 1 aliphatic carbocycles. The third kappa shape index (κ3) is 3.47. The van der Waals surface area contributed by atoms with Crippen molar-refractivity contribution in [3.63, 3.8) is 0 Å². The largest absolute Gasteiger partial charge is 0.320 e. The zero-order valence-electron chi connectivity index (χ0n) is 14.0. The fraction of sp³-hybridized carbons (Fsp3) is 0.389. The molecule has 0 radical (unpaired) electrons. The maximum Gasteiger partial charge on any atom is 0.294 e. The molecular formula is C18H19ClN3O3S+. The standard InChI is InChI=1S/C18H18ClN3O3S/c19-12-3-4-14(15(9-12)22(24)25)20-17(23)10-21-7-5-16-13(6-8-26-16)18(21)11-1-2-11/h3-4,6,8-9,11,18H,1-2,5,7,10H2,(H,20,23)/p+1/t18-/m0/s1. The van der Waals surface area contributed by atoms with Crippen LogP contribution in [0.15, 0.2) is 29.6 Å². The van der Waals surface area contributed by atoms with Crippen LogP contribution in [0.1, 0.15) is 29.3 Å². The normalized spacial score (nSPS) is 21.9. The molecule has 1 saturated carbocycles. The number of nitrogens with one attached hydrogen (secondary N) is 2. The minimum atomic E-state index is -0.528. The van der Waals surface area contributed by atoms with Crippen LogP contribution in [0.2, 0.25) is 5.02 Å². The molecule has 136 valence electrons. The van der Waals surface area contributed by atoms with Crippen LogP contribution in [0.25, 0.3) is 0 Å². The van der Waals surface area contributed by atoms with Crippen molar-refractivity contribution in [2.24, 2.45) is 5.92 Å². The number of carbonyl (C=O) groups excluding carboxylic acids is 1. The van der Waals surface area contributed by atoms with E-state index in [9.17, 15) is 14.9 Å². The smallest absolute Gasteiger partial charge is 0.294 e. The van der Waals surface area contributed by atoms with Crippen LogP contribution >= 0.6 is 22.9 Å². The first-order chi connectivity index (χ1) is 12.5. The number of hydrogen-bond acceptors (Lipinski definition) is 4. The Morgan fingerprint density at radius 2 is 2.19 bits per heavy atom. The number of carbonyl (C=O) groups is 1. The van der Waals surface area contributed by atoms with Gasteiger partial charge in [0.05, 0.1) is 11.5 Å². The van der Waals surface area contributed by atoms with Crippen molar-refractivity contribution >= 4 is 40.2 Å². The lowest BCUT2D eigenvalue weighted by Gasteiger charge is -2.32. The molecule has 1 amide bonds. The quantitative estimate of drug-likeness (QED) is 0.606. The van der Waals surface area contributed by atoms with Crippen LogP contribution in [0.3, 0.4) is 0 Å². The van der Waals surface area contributed by atoms with E-state index in [0.717, 1.165) is 13.0 Å². The molecule has 1 fully saturated rings. The number of amides is 1. The average Bonchev–Trinajstić information content (AvgIpc) is 3.32. The second-order valence-corrected chi connectivity index (χ2v) is 8.35. The number of anilines is 1. The molecule has 8 heteroatoms. The lowest BCUT2D eigenvalue weighted by atomic mass is 9.96. The van der Waals surface area contributed by atoms with Gasteiger partial charge in [-0.15, -0.1) is 11.3 Å². The van der Waals surface area contributed by atoms with Gasteiger partial charge < -0.3 is 10.2 Å². The van der Waals surface area contributed by atoms with Gasteiger partial charge in [-0.3, -0.25) is 14.9 Å². The zero-order valence-corrected chi connectivity index (χ0v) is 15.6. The number of hydrogen-bond donors (Lipinski definition) is 2. The van der Waals surface area contributed by atoms with Crippen LogP contribution in [0.5, 0.6) is 0 Å². The van der Waals surface area contributed by atoms with Gasteiger partial charge >= 0.3 is 0 Å². The van der Waals surface area contributed by atoms with E-state index < -0.39 is 4.92 Å². The van der Waals surface area contributed by atoms with Gasteiger partial charge in [0.25, 0.3) is 11.6 Å². The van der Waals surface area contributed by atoms with E-state index in [1.165, 1.54) is 40.3 Å². The lowest BCUT2D eigenvalue weighted by molar-refractivity contribution is -0.928. The SMILES string of the molecule is O=C(C[NH+]1CCc2sccc2[C@@H]1C1CC1)Nc1ccc(Cl)cc1[N+](=O)[O-]. The monoisotopic (exact) mass is 392 g/mol. The minimum Gasteiger partial charge on any atom is -0.320 e. The van der Waals surface area contributed by atoms with Crippen molar-refractivity contribution in [1.29, 1.82) is 0 Å². The van der Waals surface area contributed by atoms with Gasteiger partial charge in [-0.2, -0.15) is 0 Å². The lowest BCUT2D eigenvalue weighted by Crippen LogP contribution is -3.14. The van der Waals surface area contributed by atoms with Gasteiger partial charge in [0.1, 0.15) is 11.7 Å². The molecule has 4 rings (SSSR count). The highest BCUT2D eigenvalue weighted by Gasteiger charge is 2.43. The van der Waals surface area contributed by atoms with Crippen LogP contribution in [-0.2, 0) is 11.2 Å². The zero-order chi connectivity index (χ0) is 18.3. The Balaban J connectivity index is 1.49. The Labute approximate surface area is 159 Å². The van der Waals surface area contributed by atoms with E-state index in [1.54, 1.807) is 17.4 Å². The number of benzene rings is 1. The maximum atomic E-state index is 12.6. The number of nitro groups is 1. The van der Waals surface area contributed by atoms with Crippen LogP contribution in [0, 0.1) is 16.0 Å². The molecule has 1 unspecified atom stereocenters. The van der Waals surface area contributed by atoms with Gasteiger partial charge in [0.2, 0.25) is 0 Å². The Hall–Kier alpha value is -1.96. The summed E-state index contributed by atoms with van der Waals surface area (Å²) < 4.78 is 0. The number of rotatable bonds is 5. The molecule has 26 heavy (non-hydrogen) atoms. The molecule has 1 aromatic carbocycles. The maximum absolute atomic E-state index is 12.6. The summed E-state index contributed by atoms with van der Waals surface area (Å²) >= 11 is 7.63.